The van der Waals surface area contributed by atoms with Crippen LogP contribution in [-0.2, 0) is 28.1 Å². The fraction of sp³-hybridized carbons (Fsp3) is 0.387. The van der Waals surface area contributed by atoms with Crippen molar-refractivity contribution in [2.75, 3.05) is 33.8 Å². The first-order valence-corrected chi connectivity index (χ1v) is 13.7. The maximum Gasteiger partial charge on any atom is 0.246 e. The summed E-state index contributed by atoms with van der Waals surface area (Å²) in [5, 5.41) is 4.25. The van der Waals surface area contributed by atoms with Gasteiger partial charge in [-0.1, -0.05) is 30.3 Å². The molecule has 1 N–H and O–H groups in total. The van der Waals surface area contributed by atoms with Crippen LogP contribution < -0.4 is 10.1 Å². The number of benzene rings is 2. The van der Waals surface area contributed by atoms with Crippen molar-refractivity contribution in [3.8, 4) is 5.75 Å². The third kappa shape index (κ3) is 5.64. The average molecular weight is 565 g/mol. The molecular weight excluding hydrogens is 528 g/mol. The largest absolute Gasteiger partial charge is 0.496 e. The van der Waals surface area contributed by atoms with E-state index >= 15 is 0 Å². The van der Waals surface area contributed by atoms with E-state index in [-0.39, 0.29) is 17.9 Å². The molecule has 0 unspecified atom stereocenters. The van der Waals surface area contributed by atoms with E-state index in [1.54, 1.807) is 24.1 Å². The minimum Gasteiger partial charge on any atom is -0.496 e. The Morgan fingerprint density at radius 1 is 1.20 bits per heavy atom. The zero-order valence-electron chi connectivity index (χ0n) is 23.8. The van der Waals surface area contributed by atoms with E-state index in [9.17, 15) is 14.4 Å². The van der Waals surface area contributed by atoms with E-state index < -0.39 is 5.54 Å². The molecule has 8 nitrogen and oxygen atoms in total. The molecule has 0 aliphatic carbocycles. The second-order valence-corrected chi connectivity index (χ2v) is 11.3. The molecule has 5 rings (SSSR count). The zero-order valence-corrected chi connectivity index (χ0v) is 24.5. The van der Waals surface area contributed by atoms with Crippen LogP contribution in [0.3, 0.4) is 0 Å². The van der Waals surface area contributed by atoms with E-state index in [2.05, 4.69) is 36.0 Å². The van der Waals surface area contributed by atoms with Gasteiger partial charge in [-0.3, -0.25) is 14.4 Å². The minimum atomic E-state index is -0.930. The summed E-state index contributed by atoms with van der Waals surface area (Å²) in [4.78, 5) is 40.1. The Morgan fingerprint density at radius 3 is 2.58 bits per heavy atom. The summed E-state index contributed by atoms with van der Waals surface area (Å²) in [6.07, 6.45) is 3.17. The number of carbonyl (C=O) groups is 3. The van der Waals surface area contributed by atoms with Gasteiger partial charge in [-0.25, -0.2) is 0 Å². The summed E-state index contributed by atoms with van der Waals surface area (Å²) in [5.74, 6) is 0.732. The summed E-state index contributed by atoms with van der Waals surface area (Å²) in [6, 6.07) is 11.5. The Labute approximate surface area is 240 Å². The summed E-state index contributed by atoms with van der Waals surface area (Å²) in [6.45, 7) is 12.0. The van der Waals surface area contributed by atoms with Gasteiger partial charge in [0, 0.05) is 47.8 Å². The Morgan fingerprint density at radius 2 is 1.93 bits per heavy atom. The second kappa shape index (κ2) is 11.9. The predicted molar refractivity (Wildman–Crippen MR) is 158 cm³/mol. The number of rotatable bonds is 6. The lowest BCUT2D eigenvalue weighted by molar-refractivity contribution is -0.136. The van der Waals surface area contributed by atoms with Crippen LogP contribution in [0.4, 0.5) is 0 Å². The van der Waals surface area contributed by atoms with Gasteiger partial charge in [0.1, 0.15) is 11.3 Å². The van der Waals surface area contributed by atoms with Crippen molar-refractivity contribution in [3.05, 3.63) is 76.5 Å². The van der Waals surface area contributed by atoms with Gasteiger partial charge in [-0.05, 0) is 75.7 Å². The Balaban J connectivity index is 0.000000236. The van der Waals surface area contributed by atoms with Crippen LogP contribution in [0, 0.1) is 6.92 Å². The number of hydrogen-bond acceptors (Lipinski definition) is 5. The number of carbonyl (C=O) groups excluding carboxylic acids is 3. The molecule has 0 spiro atoms. The van der Waals surface area contributed by atoms with Crippen LogP contribution >= 0.6 is 11.6 Å². The molecule has 0 saturated carbocycles. The zero-order chi connectivity index (χ0) is 29.2. The van der Waals surface area contributed by atoms with Gasteiger partial charge < -0.3 is 24.4 Å². The normalized spacial score (nSPS) is 15.4. The number of fused-ring (bicyclic) bond motifs is 2. The number of methoxy groups -OCH3 is 1. The van der Waals surface area contributed by atoms with E-state index in [4.69, 9.17) is 16.3 Å². The smallest absolute Gasteiger partial charge is 0.246 e. The van der Waals surface area contributed by atoms with Gasteiger partial charge in [-0.15, -0.1) is 0 Å². The van der Waals surface area contributed by atoms with Crippen LogP contribution in [0.15, 0.2) is 49.1 Å². The summed E-state index contributed by atoms with van der Waals surface area (Å²) in [7, 11) is 3.90. The highest BCUT2D eigenvalue weighted by atomic mass is 35.5. The predicted octanol–water partition coefficient (Wildman–Crippen LogP) is 4.35. The van der Waals surface area contributed by atoms with Crippen molar-refractivity contribution in [1.29, 1.82) is 0 Å². The molecular formula is C31H37ClN4O4. The molecule has 3 heterocycles. The molecule has 9 heteroatoms. The van der Waals surface area contributed by atoms with Crippen molar-refractivity contribution in [2.24, 2.45) is 0 Å². The quantitative estimate of drug-likeness (QED) is 0.355. The van der Waals surface area contributed by atoms with Crippen molar-refractivity contribution >= 4 is 40.6 Å². The van der Waals surface area contributed by atoms with Crippen molar-refractivity contribution in [2.45, 2.75) is 45.3 Å². The number of nitrogens with zero attached hydrogens (tertiary/aromatic N) is 3. The van der Waals surface area contributed by atoms with Crippen LogP contribution in [-0.4, -0.2) is 72.3 Å². The van der Waals surface area contributed by atoms with E-state index in [1.165, 1.54) is 17.2 Å². The molecule has 2 aliphatic rings. The van der Waals surface area contributed by atoms with Gasteiger partial charge in [-0.2, -0.15) is 0 Å². The average Bonchev–Trinajstić information content (AvgIpc) is 3.20. The molecule has 2 aromatic carbocycles. The highest BCUT2D eigenvalue weighted by Crippen LogP contribution is 2.33. The maximum absolute atomic E-state index is 13.0. The molecule has 2 amide bonds. The molecule has 1 fully saturated rings. The van der Waals surface area contributed by atoms with Crippen LogP contribution in [0.5, 0.6) is 5.75 Å². The highest BCUT2D eigenvalue weighted by Gasteiger charge is 2.38. The van der Waals surface area contributed by atoms with Gasteiger partial charge in [0.15, 0.2) is 6.29 Å². The third-order valence-electron chi connectivity index (χ3n) is 7.78. The lowest BCUT2D eigenvalue weighted by Crippen LogP contribution is -2.63. The number of ether oxygens (including phenoxy) is 1. The van der Waals surface area contributed by atoms with Crippen LogP contribution in [0.1, 0.15) is 41.0 Å². The Bertz CT molecular complexity index is 1460. The molecule has 2 aliphatic heterocycles. The molecule has 40 heavy (non-hydrogen) atoms. The van der Waals surface area contributed by atoms with Gasteiger partial charge in [0.25, 0.3) is 0 Å². The topological polar surface area (TPSA) is 83.9 Å². The van der Waals surface area contributed by atoms with Crippen molar-refractivity contribution < 1.29 is 19.1 Å². The van der Waals surface area contributed by atoms with E-state index in [1.807, 2.05) is 37.5 Å². The summed E-state index contributed by atoms with van der Waals surface area (Å²) < 4.78 is 7.19. The first-order valence-electron chi connectivity index (χ1n) is 13.3. The molecule has 0 bridgehead atoms. The lowest BCUT2D eigenvalue weighted by Gasteiger charge is -2.40. The maximum atomic E-state index is 13.0. The molecule has 3 aromatic rings. The molecule has 1 aromatic heterocycles. The Hall–Kier alpha value is -3.62. The molecule has 1 saturated heterocycles. The van der Waals surface area contributed by atoms with Gasteiger partial charge in [0.2, 0.25) is 11.8 Å². The number of likely N-dealkylation sites (N-methyl/N-ethyl adjacent to an activating group) is 1. The molecule has 212 valence electrons. The first-order chi connectivity index (χ1) is 19.0. The Kier molecular flexibility index (Phi) is 8.71. The number of halogens is 1. The highest BCUT2D eigenvalue weighted by molar-refractivity contribution is 6.31. The van der Waals surface area contributed by atoms with Crippen LogP contribution in [0.2, 0.25) is 5.02 Å². The number of likely N-dealkylation sites (tertiary alicyclic amines) is 1. The number of nitrogens with one attached hydrogen (secondary N) is 1. The lowest BCUT2D eigenvalue weighted by atomic mass is 9.99. The first kappa shape index (κ1) is 29.4. The van der Waals surface area contributed by atoms with Crippen molar-refractivity contribution in [3.63, 3.8) is 0 Å². The van der Waals surface area contributed by atoms with E-state index in [0.29, 0.717) is 29.4 Å². The number of aromatic nitrogens is 1. The van der Waals surface area contributed by atoms with Gasteiger partial charge >= 0.3 is 0 Å². The summed E-state index contributed by atoms with van der Waals surface area (Å²) in [5.41, 5.74) is 3.88. The fourth-order valence-electron chi connectivity index (χ4n) is 5.53. The molecule has 0 radical (unpaired) electrons. The third-order valence-corrected chi connectivity index (χ3v) is 8.02. The second-order valence-electron chi connectivity index (χ2n) is 10.9. The minimum absolute atomic E-state index is 0.0946. The monoisotopic (exact) mass is 564 g/mol. The number of hydrogen-bond donors (Lipinski definition) is 1. The standard InChI is InChI=1S/C20H22ClN3O3.C11H15NO/c1-5-18(26)23-9-14(10-23)22-19(27)20(3,4)24-12(2)16(11-25)15-8-13(21)6-7-17(15)24;1-12-7-6-10-9(8-12)4-3-5-11(10)13-2/h5-8,11,14H,1,9-10H2,2-4H3,(H,22,27);3-5H,6-8H2,1-2H3. The number of amides is 2. The number of aldehydes is 1. The summed E-state index contributed by atoms with van der Waals surface area (Å²) >= 11 is 6.09. The molecule has 0 atom stereocenters. The van der Waals surface area contributed by atoms with E-state index in [0.717, 1.165) is 42.4 Å². The van der Waals surface area contributed by atoms with Crippen molar-refractivity contribution in [1.82, 2.24) is 19.7 Å². The van der Waals surface area contributed by atoms with Gasteiger partial charge in [0.05, 0.1) is 18.7 Å². The SMILES string of the molecule is C=CC(=O)N1CC(NC(=O)C(C)(C)n2c(C)c(C=O)c3cc(Cl)ccc32)C1.COc1cccc2c1CCN(C)C2. The van der Waals surface area contributed by atoms with Crippen LogP contribution in [0.25, 0.3) is 10.9 Å². The fourth-order valence-corrected chi connectivity index (χ4v) is 5.71.